The van der Waals surface area contributed by atoms with Crippen molar-refractivity contribution in [1.29, 1.82) is 0 Å². The average molecular weight is 268 g/mol. The second-order valence-electron chi connectivity index (χ2n) is 5.43. The Kier molecular flexibility index (Phi) is 4.23. The topological polar surface area (TPSA) is 26.3 Å². The molecule has 0 fully saturated rings. The monoisotopic (exact) mass is 268 g/mol. The Morgan fingerprint density at radius 3 is 2.15 bits per heavy atom. The molecule has 0 spiro atoms. The van der Waals surface area contributed by atoms with Gasteiger partial charge in [0.1, 0.15) is 12.0 Å². The number of hydrogen-bond donors (Lipinski definition) is 0. The summed E-state index contributed by atoms with van der Waals surface area (Å²) in [5.41, 5.74) is 2.88. The van der Waals surface area contributed by atoms with Gasteiger partial charge in [-0.3, -0.25) is 0 Å². The van der Waals surface area contributed by atoms with Crippen LogP contribution in [0.3, 0.4) is 0 Å². The molecule has 20 heavy (non-hydrogen) atoms. The first-order valence-corrected chi connectivity index (χ1v) is 6.74. The first kappa shape index (κ1) is 14.3. The Labute approximate surface area is 120 Å². The van der Waals surface area contributed by atoms with E-state index in [-0.39, 0.29) is 0 Å². The molecule has 2 aromatic rings. The molecule has 1 unspecified atom stereocenters. The zero-order chi connectivity index (χ0) is 14.6. The fourth-order valence-corrected chi connectivity index (χ4v) is 2.31. The van der Waals surface area contributed by atoms with Crippen molar-refractivity contribution in [3.8, 4) is 5.75 Å². The van der Waals surface area contributed by atoms with Gasteiger partial charge in [0, 0.05) is 0 Å². The van der Waals surface area contributed by atoms with Crippen LogP contribution in [0.5, 0.6) is 5.75 Å². The van der Waals surface area contributed by atoms with Gasteiger partial charge in [-0.1, -0.05) is 42.0 Å². The van der Waals surface area contributed by atoms with Crippen LogP contribution in [-0.4, -0.2) is 13.4 Å². The van der Waals surface area contributed by atoms with Crippen LogP contribution in [0.1, 0.15) is 23.6 Å². The molecule has 0 bridgehead atoms. The molecule has 0 aliphatic heterocycles. The second-order valence-corrected chi connectivity index (χ2v) is 5.43. The molecule has 0 aliphatic carbocycles. The second kappa shape index (κ2) is 5.91. The molecule has 0 aromatic heterocycles. The molecule has 2 rings (SSSR count). The maximum atomic E-state index is 11.6. The molecule has 2 nitrogen and oxygen atoms in total. The Bertz CT molecular complexity index is 569. The summed E-state index contributed by atoms with van der Waals surface area (Å²) in [6.07, 6.45) is 1.73. The van der Waals surface area contributed by atoms with Gasteiger partial charge in [-0.25, -0.2) is 0 Å². The quantitative estimate of drug-likeness (QED) is 0.773. The van der Waals surface area contributed by atoms with Crippen molar-refractivity contribution < 1.29 is 9.53 Å². The van der Waals surface area contributed by atoms with Gasteiger partial charge in [-0.15, -0.1) is 0 Å². The number of methoxy groups -OCH3 is 1. The van der Waals surface area contributed by atoms with Crippen LogP contribution in [0.2, 0.25) is 0 Å². The number of hydrogen-bond acceptors (Lipinski definition) is 2. The molecule has 2 heteroatoms. The van der Waals surface area contributed by atoms with Gasteiger partial charge < -0.3 is 9.53 Å². The fraction of sp³-hybridized carbons (Fsp3) is 0.278. The van der Waals surface area contributed by atoms with Gasteiger partial charge in [0.2, 0.25) is 0 Å². The van der Waals surface area contributed by atoms with Gasteiger partial charge in [0.25, 0.3) is 0 Å². The number of rotatable bonds is 5. The molecule has 0 amide bonds. The minimum atomic E-state index is -0.498. The number of aldehydes is 1. The van der Waals surface area contributed by atoms with Crippen LogP contribution < -0.4 is 4.74 Å². The summed E-state index contributed by atoms with van der Waals surface area (Å²) in [7, 11) is 1.65. The van der Waals surface area contributed by atoms with Gasteiger partial charge in [0.15, 0.2) is 0 Å². The van der Waals surface area contributed by atoms with Gasteiger partial charge in [0.05, 0.1) is 12.5 Å². The molecular weight excluding hydrogens is 248 g/mol. The maximum absolute atomic E-state index is 11.6. The van der Waals surface area contributed by atoms with Gasteiger partial charge in [-0.05, 0) is 43.5 Å². The summed E-state index contributed by atoms with van der Waals surface area (Å²) in [5.74, 6) is 0.830. The maximum Gasteiger partial charge on any atom is 0.130 e. The molecule has 0 N–H and O–H groups in total. The zero-order valence-electron chi connectivity index (χ0n) is 12.2. The van der Waals surface area contributed by atoms with Crippen LogP contribution in [0.15, 0.2) is 48.5 Å². The lowest BCUT2D eigenvalue weighted by molar-refractivity contribution is -0.112. The van der Waals surface area contributed by atoms with E-state index in [0.29, 0.717) is 6.42 Å². The molecule has 0 heterocycles. The van der Waals surface area contributed by atoms with E-state index >= 15 is 0 Å². The van der Waals surface area contributed by atoms with Gasteiger partial charge in [-0.2, -0.15) is 0 Å². The number of carbonyl (C=O) groups excluding carboxylic acids is 1. The van der Waals surface area contributed by atoms with E-state index < -0.39 is 5.41 Å². The molecule has 0 saturated heterocycles. The zero-order valence-corrected chi connectivity index (χ0v) is 12.2. The third kappa shape index (κ3) is 3.08. The van der Waals surface area contributed by atoms with Crippen molar-refractivity contribution >= 4 is 6.29 Å². The Balaban J connectivity index is 2.26. The highest BCUT2D eigenvalue weighted by Crippen LogP contribution is 2.27. The summed E-state index contributed by atoms with van der Waals surface area (Å²) in [6, 6.07) is 16.0. The van der Waals surface area contributed by atoms with Crippen LogP contribution in [0.25, 0.3) is 0 Å². The van der Waals surface area contributed by atoms with Crippen molar-refractivity contribution in [2.75, 3.05) is 7.11 Å². The Morgan fingerprint density at radius 2 is 1.65 bits per heavy atom. The molecule has 0 radical (unpaired) electrons. The average Bonchev–Trinajstić information content (AvgIpc) is 2.48. The van der Waals surface area contributed by atoms with Crippen molar-refractivity contribution in [3.05, 3.63) is 65.2 Å². The lowest BCUT2D eigenvalue weighted by atomic mass is 9.78. The summed E-state index contributed by atoms with van der Waals surface area (Å²) in [6.45, 7) is 4.03. The third-order valence-electron chi connectivity index (χ3n) is 3.70. The van der Waals surface area contributed by atoms with E-state index in [1.165, 1.54) is 5.56 Å². The highest BCUT2D eigenvalue weighted by atomic mass is 16.5. The predicted octanol–water partition coefficient (Wildman–Crippen LogP) is 3.70. The number of carbonyl (C=O) groups is 1. The van der Waals surface area contributed by atoms with Crippen molar-refractivity contribution in [3.63, 3.8) is 0 Å². The Morgan fingerprint density at radius 1 is 1.05 bits per heavy atom. The summed E-state index contributed by atoms with van der Waals surface area (Å²) in [4.78, 5) is 11.6. The minimum absolute atomic E-state index is 0.498. The normalized spacial score (nSPS) is 13.6. The van der Waals surface area contributed by atoms with E-state index in [2.05, 4.69) is 0 Å². The van der Waals surface area contributed by atoms with Crippen LogP contribution in [-0.2, 0) is 16.6 Å². The smallest absolute Gasteiger partial charge is 0.130 e. The van der Waals surface area contributed by atoms with Crippen LogP contribution in [0, 0.1) is 6.92 Å². The molecule has 0 aliphatic rings. The standard InChI is InChI=1S/C18H20O2/c1-14-4-8-16(9-5-14)18(2,13-19)12-15-6-10-17(20-3)11-7-15/h4-11,13H,12H2,1-3H3. The lowest BCUT2D eigenvalue weighted by Gasteiger charge is -2.24. The summed E-state index contributed by atoms with van der Waals surface area (Å²) >= 11 is 0. The van der Waals surface area contributed by atoms with Crippen LogP contribution in [0.4, 0.5) is 0 Å². The van der Waals surface area contributed by atoms with Crippen LogP contribution >= 0.6 is 0 Å². The number of ether oxygens (including phenoxy) is 1. The van der Waals surface area contributed by atoms with E-state index in [0.717, 1.165) is 23.2 Å². The first-order chi connectivity index (χ1) is 9.57. The van der Waals surface area contributed by atoms with Crippen molar-refractivity contribution in [2.45, 2.75) is 25.7 Å². The van der Waals surface area contributed by atoms with Crippen molar-refractivity contribution in [2.24, 2.45) is 0 Å². The minimum Gasteiger partial charge on any atom is -0.497 e. The van der Waals surface area contributed by atoms with Crippen molar-refractivity contribution in [1.82, 2.24) is 0 Å². The molecule has 2 aromatic carbocycles. The predicted molar refractivity (Wildman–Crippen MR) is 81.3 cm³/mol. The summed E-state index contributed by atoms with van der Waals surface area (Å²) in [5, 5.41) is 0. The lowest BCUT2D eigenvalue weighted by Crippen LogP contribution is -2.26. The molecular formula is C18H20O2. The van der Waals surface area contributed by atoms with E-state index in [4.69, 9.17) is 4.74 Å². The molecule has 0 saturated carbocycles. The van der Waals surface area contributed by atoms with E-state index in [1.807, 2.05) is 62.4 Å². The SMILES string of the molecule is COc1ccc(CC(C)(C=O)c2ccc(C)cc2)cc1. The third-order valence-corrected chi connectivity index (χ3v) is 3.70. The summed E-state index contributed by atoms with van der Waals surface area (Å²) < 4.78 is 5.15. The molecule has 1 atom stereocenters. The first-order valence-electron chi connectivity index (χ1n) is 6.74. The molecule has 104 valence electrons. The number of benzene rings is 2. The number of aryl methyl sites for hydroxylation is 1. The highest BCUT2D eigenvalue weighted by molar-refractivity contribution is 5.68. The van der Waals surface area contributed by atoms with Gasteiger partial charge >= 0.3 is 0 Å². The highest BCUT2D eigenvalue weighted by Gasteiger charge is 2.26. The van der Waals surface area contributed by atoms with E-state index in [1.54, 1.807) is 7.11 Å². The largest absolute Gasteiger partial charge is 0.497 e. The Hall–Kier alpha value is -2.09. The fourth-order valence-electron chi connectivity index (χ4n) is 2.31. The van der Waals surface area contributed by atoms with E-state index in [9.17, 15) is 4.79 Å².